The Morgan fingerprint density at radius 3 is 2.78 bits per heavy atom. The van der Waals surface area contributed by atoms with Gasteiger partial charge in [0.1, 0.15) is 5.75 Å². The van der Waals surface area contributed by atoms with Crippen LogP contribution in [-0.2, 0) is 11.3 Å². The molecular formula is C19H20N4O3S. The van der Waals surface area contributed by atoms with Gasteiger partial charge in [0, 0.05) is 18.7 Å². The molecule has 3 aromatic rings. The first kappa shape index (κ1) is 18.7. The van der Waals surface area contributed by atoms with Gasteiger partial charge in [-0.15, -0.1) is 0 Å². The molecule has 0 fully saturated rings. The highest BCUT2D eigenvalue weighted by Crippen LogP contribution is 2.28. The summed E-state index contributed by atoms with van der Waals surface area (Å²) in [5.41, 5.74) is 2.37. The van der Waals surface area contributed by atoms with Gasteiger partial charge in [-0.05, 0) is 35.9 Å². The van der Waals surface area contributed by atoms with E-state index in [2.05, 4.69) is 20.9 Å². The maximum atomic E-state index is 12.1. The number of carbonyl (C=O) groups excluding carboxylic acids is 2. The number of carbonyl (C=O) groups is 2. The van der Waals surface area contributed by atoms with Crippen molar-refractivity contribution < 1.29 is 14.3 Å². The lowest BCUT2D eigenvalue weighted by atomic mass is 10.2. The minimum atomic E-state index is -0.304. The number of aromatic nitrogens is 1. The number of ether oxygens (including phenoxy) is 1. The average molecular weight is 384 g/mol. The largest absolute Gasteiger partial charge is 0.497 e. The molecule has 0 bridgehead atoms. The highest BCUT2D eigenvalue weighted by Gasteiger charge is 2.08. The third-order valence-electron chi connectivity index (χ3n) is 3.80. The summed E-state index contributed by atoms with van der Waals surface area (Å²) in [6, 6.07) is 12.6. The number of nitrogens with one attached hydrogen (secondary N) is 3. The molecule has 7 nitrogen and oxygen atoms in total. The number of thiazole rings is 1. The summed E-state index contributed by atoms with van der Waals surface area (Å²) < 4.78 is 6.05. The molecule has 0 spiro atoms. The Hall–Kier alpha value is -3.13. The quantitative estimate of drug-likeness (QED) is 0.599. The summed E-state index contributed by atoms with van der Waals surface area (Å²) in [6.45, 7) is 2.17. The highest BCUT2D eigenvalue weighted by atomic mass is 32.1. The molecule has 0 aliphatic heterocycles. The third-order valence-corrected chi connectivity index (χ3v) is 4.73. The maximum Gasteiger partial charge on any atom is 0.319 e. The van der Waals surface area contributed by atoms with Gasteiger partial charge in [0.05, 0.1) is 17.3 Å². The second-order valence-electron chi connectivity index (χ2n) is 5.76. The lowest BCUT2D eigenvalue weighted by molar-refractivity contribution is -0.115. The molecule has 140 valence electrons. The van der Waals surface area contributed by atoms with Gasteiger partial charge in [-0.25, -0.2) is 9.78 Å². The predicted molar refractivity (Wildman–Crippen MR) is 107 cm³/mol. The van der Waals surface area contributed by atoms with Crippen LogP contribution in [0.4, 0.5) is 15.6 Å². The van der Waals surface area contributed by atoms with Crippen LogP contribution in [0.25, 0.3) is 10.2 Å². The van der Waals surface area contributed by atoms with E-state index >= 15 is 0 Å². The van der Waals surface area contributed by atoms with E-state index in [1.54, 1.807) is 20.1 Å². The van der Waals surface area contributed by atoms with Crippen molar-refractivity contribution in [1.82, 2.24) is 10.3 Å². The molecule has 0 aliphatic carbocycles. The topological polar surface area (TPSA) is 92.4 Å². The van der Waals surface area contributed by atoms with Crippen LogP contribution in [0.1, 0.15) is 18.9 Å². The second kappa shape index (κ2) is 8.50. The lowest BCUT2D eigenvalue weighted by Crippen LogP contribution is -2.28. The summed E-state index contributed by atoms with van der Waals surface area (Å²) in [7, 11) is 1.61. The Morgan fingerprint density at radius 2 is 2.00 bits per heavy atom. The van der Waals surface area contributed by atoms with Gasteiger partial charge >= 0.3 is 6.03 Å². The van der Waals surface area contributed by atoms with Crippen LogP contribution >= 0.6 is 11.3 Å². The van der Waals surface area contributed by atoms with Crippen molar-refractivity contribution in [2.45, 2.75) is 19.9 Å². The number of benzene rings is 2. The van der Waals surface area contributed by atoms with Crippen molar-refractivity contribution in [3.8, 4) is 5.75 Å². The van der Waals surface area contributed by atoms with E-state index in [0.717, 1.165) is 21.5 Å². The summed E-state index contributed by atoms with van der Waals surface area (Å²) >= 11 is 1.37. The zero-order chi connectivity index (χ0) is 19.2. The number of amides is 3. The first-order valence-corrected chi connectivity index (χ1v) is 9.27. The number of anilines is 2. The molecule has 3 N–H and O–H groups in total. The zero-order valence-corrected chi connectivity index (χ0v) is 15.9. The van der Waals surface area contributed by atoms with E-state index in [1.807, 2.05) is 36.4 Å². The van der Waals surface area contributed by atoms with Crippen molar-refractivity contribution in [1.29, 1.82) is 0 Å². The fourth-order valence-corrected chi connectivity index (χ4v) is 3.32. The van der Waals surface area contributed by atoms with Gasteiger partial charge < -0.3 is 20.7 Å². The standard InChI is InChI=1S/C19H20N4O3S/c1-3-17(24)23-19-22-15-8-7-13(10-16(15)27-19)21-18(25)20-11-12-5-4-6-14(9-12)26-2/h4-10H,3,11H2,1-2H3,(H2,20,21,25)(H,22,23,24). The Balaban J connectivity index is 1.61. The molecule has 8 heteroatoms. The number of rotatable bonds is 6. The van der Waals surface area contributed by atoms with E-state index < -0.39 is 0 Å². The van der Waals surface area contributed by atoms with Crippen molar-refractivity contribution >= 4 is 44.3 Å². The third kappa shape index (κ3) is 4.95. The molecule has 1 aromatic heterocycles. The minimum absolute atomic E-state index is 0.0793. The number of methoxy groups -OCH3 is 1. The van der Waals surface area contributed by atoms with E-state index in [4.69, 9.17) is 4.74 Å². The summed E-state index contributed by atoms with van der Waals surface area (Å²) in [4.78, 5) is 28.0. The minimum Gasteiger partial charge on any atom is -0.497 e. The molecule has 1 heterocycles. The number of fused-ring (bicyclic) bond motifs is 1. The number of nitrogens with zero attached hydrogens (tertiary/aromatic N) is 1. The first-order chi connectivity index (χ1) is 13.1. The average Bonchev–Trinajstić information content (AvgIpc) is 3.07. The smallest absolute Gasteiger partial charge is 0.319 e. The van der Waals surface area contributed by atoms with Crippen molar-refractivity contribution in [2.75, 3.05) is 17.7 Å². The fraction of sp³-hybridized carbons (Fsp3) is 0.211. The molecule has 0 saturated carbocycles. The van der Waals surface area contributed by atoms with Crippen LogP contribution in [-0.4, -0.2) is 24.0 Å². The number of hydrogen-bond acceptors (Lipinski definition) is 5. The van der Waals surface area contributed by atoms with Gasteiger partial charge in [-0.2, -0.15) is 0 Å². The fourth-order valence-electron chi connectivity index (χ4n) is 2.40. The first-order valence-electron chi connectivity index (χ1n) is 8.45. The molecule has 0 aliphatic rings. The summed E-state index contributed by atoms with van der Waals surface area (Å²) in [5, 5.41) is 8.92. The van der Waals surface area contributed by atoms with Crippen LogP contribution < -0.4 is 20.7 Å². The van der Waals surface area contributed by atoms with E-state index in [-0.39, 0.29) is 11.9 Å². The Kier molecular flexibility index (Phi) is 5.87. The predicted octanol–water partition coefficient (Wildman–Crippen LogP) is 3.98. The molecule has 2 aromatic carbocycles. The van der Waals surface area contributed by atoms with Crippen LogP contribution in [0, 0.1) is 0 Å². The van der Waals surface area contributed by atoms with E-state index in [9.17, 15) is 9.59 Å². The molecule has 0 radical (unpaired) electrons. The van der Waals surface area contributed by atoms with Crippen molar-refractivity contribution in [3.05, 3.63) is 48.0 Å². The Labute approximate surface area is 160 Å². The lowest BCUT2D eigenvalue weighted by Gasteiger charge is -2.08. The van der Waals surface area contributed by atoms with Crippen molar-refractivity contribution in [3.63, 3.8) is 0 Å². The number of urea groups is 1. The summed E-state index contributed by atoms with van der Waals surface area (Å²) in [6.07, 6.45) is 0.399. The molecule has 0 atom stereocenters. The monoisotopic (exact) mass is 384 g/mol. The van der Waals surface area contributed by atoms with Crippen LogP contribution in [0.5, 0.6) is 5.75 Å². The number of hydrogen-bond donors (Lipinski definition) is 3. The Morgan fingerprint density at radius 1 is 1.15 bits per heavy atom. The molecule has 27 heavy (non-hydrogen) atoms. The molecule has 3 rings (SSSR count). The van der Waals surface area contributed by atoms with E-state index in [1.165, 1.54) is 11.3 Å². The second-order valence-corrected chi connectivity index (χ2v) is 6.79. The molecule has 0 unspecified atom stereocenters. The SMILES string of the molecule is CCC(=O)Nc1nc2ccc(NC(=O)NCc3cccc(OC)c3)cc2s1. The van der Waals surface area contributed by atoms with Gasteiger partial charge in [-0.1, -0.05) is 30.4 Å². The van der Waals surface area contributed by atoms with Crippen molar-refractivity contribution in [2.24, 2.45) is 0 Å². The normalized spacial score (nSPS) is 10.4. The highest BCUT2D eigenvalue weighted by molar-refractivity contribution is 7.22. The van der Waals surface area contributed by atoms with Crippen LogP contribution in [0.15, 0.2) is 42.5 Å². The zero-order valence-electron chi connectivity index (χ0n) is 15.0. The van der Waals surface area contributed by atoms with Gasteiger partial charge in [0.2, 0.25) is 5.91 Å². The van der Waals surface area contributed by atoms with Crippen LogP contribution in [0.2, 0.25) is 0 Å². The molecule has 3 amide bonds. The van der Waals surface area contributed by atoms with E-state index in [0.29, 0.717) is 23.8 Å². The summed E-state index contributed by atoms with van der Waals surface area (Å²) in [5.74, 6) is 0.667. The van der Waals surface area contributed by atoms with Gasteiger partial charge in [-0.3, -0.25) is 4.79 Å². The van der Waals surface area contributed by atoms with Gasteiger partial charge in [0.15, 0.2) is 5.13 Å². The molecule has 0 saturated heterocycles. The van der Waals surface area contributed by atoms with Gasteiger partial charge in [0.25, 0.3) is 0 Å². The van der Waals surface area contributed by atoms with Crippen LogP contribution in [0.3, 0.4) is 0 Å². The molecular weight excluding hydrogens is 364 g/mol. The Bertz CT molecular complexity index is 970. The maximum absolute atomic E-state index is 12.1.